The molecule has 0 atom stereocenters. The minimum absolute atomic E-state index is 0.155. The molecule has 1 aromatic carbocycles. The fourth-order valence-corrected chi connectivity index (χ4v) is 2.74. The van der Waals surface area contributed by atoms with E-state index >= 15 is 0 Å². The van der Waals surface area contributed by atoms with Gasteiger partial charge in [0.2, 0.25) is 0 Å². The van der Waals surface area contributed by atoms with Crippen molar-refractivity contribution in [3.8, 4) is 0 Å². The fraction of sp³-hybridized carbons (Fsp3) is 0.357. The van der Waals surface area contributed by atoms with Crippen molar-refractivity contribution in [1.82, 2.24) is 0 Å². The molecule has 0 fully saturated rings. The zero-order valence-electron chi connectivity index (χ0n) is 9.69. The van der Waals surface area contributed by atoms with Gasteiger partial charge in [0.15, 0.2) is 0 Å². The molecule has 0 amide bonds. The lowest BCUT2D eigenvalue weighted by atomic mass is 10.0. The molecule has 1 nitrogen and oxygen atoms in total. The average molecular weight is 232 g/mol. The molecule has 0 saturated carbocycles. The quantitative estimate of drug-likeness (QED) is 0.777. The van der Waals surface area contributed by atoms with E-state index in [1.807, 2.05) is 13.8 Å². The average Bonchev–Trinajstić information content (AvgIpc) is 2.73. The van der Waals surface area contributed by atoms with Crippen molar-refractivity contribution in [2.45, 2.75) is 26.7 Å². The van der Waals surface area contributed by atoms with Gasteiger partial charge in [-0.15, -0.1) is 11.3 Å². The second-order valence-electron chi connectivity index (χ2n) is 4.38. The number of fused-ring (bicyclic) bond motifs is 1. The van der Waals surface area contributed by atoms with E-state index in [2.05, 4.69) is 29.6 Å². The lowest BCUT2D eigenvalue weighted by Gasteiger charge is -2.05. The Morgan fingerprint density at radius 1 is 1.31 bits per heavy atom. The Hall–Kier alpha value is -1.15. The van der Waals surface area contributed by atoms with E-state index < -0.39 is 0 Å². The third-order valence-corrected chi connectivity index (χ3v) is 3.85. The summed E-state index contributed by atoms with van der Waals surface area (Å²) in [6.45, 7) is 3.93. The molecule has 16 heavy (non-hydrogen) atoms. The van der Waals surface area contributed by atoms with Crippen LogP contribution in [0.4, 0.5) is 0 Å². The molecule has 0 aliphatic heterocycles. The summed E-state index contributed by atoms with van der Waals surface area (Å²) in [6, 6.07) is 8.46. The van der Waals surface area contributed by atoms with E-state index in [4.69, 9.17) is 0 Å². The molecule has 1 aromatic heterocycles. The predicted molar refractivity (Wildman–Crippen MR) is 70.0 cm³/mol. The monoisotopic (exact) mass is 232 g/mol. The molecule has 0 aliphatic rings. The molecule has 0 unspecified atom stereocenters. The van der Waals surface area contributed by atoms with Gasteiger partial charge < -0.3 is 0 Å². The number of benzene rings is 1. The molecule has 0 N–H and O–H groups in total. The van der Waals surface area contributed by atoms with Crippen LogP contribution >= 0.6 is 11.3 Å². The number of carbonyl (C=O) groups is 1. The maximum atomic E-state index is 11.6. The van der Waals surface area contributed by atoms with Gasteiger partial charge in [0.25, 0.3) is 0 Å². The van der Waals surface area contributed by atoms with Crippen LogP contribution in [0.15, 0.2) is 29.6 Å². The molecule has 0 radical (unpaired) electrons. The van der Waals surface area contributed by atoms with Gasteiger partial charge in [-0.25, -0.2) is 0 Å². The Labute approximate surface area is 100 Å². The molecular weight excluding hydrogens is 216 g/mol. The fourth-order valence-electron chi connectivity index (χ4n) is 1.80. The highest BCUT2D eigenvalue weighted by Crippen LogP contribution is 2.25. The van der Waals surface area contributed by atoms with E-state index in [-0.39, 0.29) is 5.92 Å². The SMILES string of the molecule is CC(C)C(=O)CCc1cccc2ccsc12. The molecule has 2 aromatic rings. The van der Waals surface area contributed by atoms with Gasteiger partial charge in [-0.2, -0.15) is 0 Å². The van der Waals surface area contributed by atoms with Crippen LogP contribution in [0.5, 0.6) is 0 Å². The van der Waals surface area contributed by atoms with E-state index in [1.165, 1.54) is 15.6 Å². The number of hydrogen-bond donors (Lipinski definition) is 0. The largest absolute Gasteiger partial charge is 0.299 e. The van der Waals surface area contributed by atoms with Crippen molar-refractivity contribution in [2.75, 3.05) is 0 Å². The maximum Gasteiger partial charge on any atom is 0.135 e. The number of carbonyl (C=O) groups excluding carboxylic acids is 1. The van der Waals surface area contributed by atoms with Gasteiger partial charge >= 0.3 is 0 Å². The van der Waals surface area contributed by atoms with Crippen molar-refractivity contribution < 1.29 is 4.79 Å². The van der Waals surface area contributed by atoms with Crippen LogP contribution in [0, 0.1) is 5.92 Å². The van der Waals surface area contributed by atoms with Crippen molar-refractivity contribution in [3.05, 3.63) is 35.2 Å². The molecule has 0 bridgehead atoms. The molecule has 2 rings (SSSR count). The number of Topliss-reactive ketones (excluding diaryl/α,β-unsaturated/α-hetero) is 1. The third kappa shape index (κ3) is 2.33. The number of rotatable bonds is 4. The topological polar surface area (TPSA) is 17.1 Å². The molecular formula is C14H16OS. The summed E-state index contributed by atoms with van der Waals surface area (Å²) in [4.78, 5) is 11.6. The van der Waals surface area contributed by atoms with Crippen LogP contribution in [0.1, 0.15) is 25.8 Å². The Bertz CT molecular complexity index is 496. The van der Waals surface area contributed by atoms with Crippen LogP contribution in [0.2, 0.25) is 0 Å². The van der Waals surface area contributed by atoms with Crippen LogP contribution in [-0.4, -0.2) is 5.78 Å². The first-order valence-electron chi connectivity index (χ1n) is 5.66. The molecule has 0 saturated heterocycles. The van der Waals surface area contributed by atoms with Crippen molar-refractivity contribution >= 4 is 27.2 Å². The molecule has 1 heterocycles. The van der Waals surface area contributed by atoms with E-state index in [0.29, 0.717) is 12.2 Å². The molecule has 84 valence electrons. The van der Waals surface area contributed by atoms with Crippen LogP contribution in [-0.2, 0) is 11.2 Å². The third-order valence-electron chi connectivity index (χ3n) is 2.85. The van der Waals surface area contributed by atoms with Gasteiger partial charge in [-0.1, -0.05) is 32.0 Å². The summed E-state index contributed by atoms with van der Waals surface area (Å²) in [7, 11) is 0. The van der Waals surface area contributed by atoms with Crippen LogP contribution in [0.25, 0.3) is 10.1 Å². The summed E-state index contributed by atoms with van der Waals surface area (Å²) in [5.41, 5.74) is 1.31. The molecule has 2 heteroatoms. The molecule has 0 spiro atoms. The second kappa shape index (κ2) is 4.79. The van der Waals surface area contributed by atoms with E-state index in [0.717, 1.165) is 6.42 Å². The second-order valence-corrected chi connectivity index (χ2v) is 5.29. The predicted octanol–water partition coefficient (Wildman–Crippen LogP) is 4.06. The number of aryl methyl sites for hydroxylation is 1. The minimum Gasteiger partial charge on any atom is -0.299 e. The van der Waals surface area contributed by atoms with Gasteiger partial charge in [0.1, 0.15) is 5.78 Å². The van der Waals surface area contributed by atoms with Gasteiger partial charge in [0.05, 0.1) is 0 Å². The summed E-state index contributed by atoms with van der Waals surface area (Å²) >= 11 is 1.76. The van der Waals surface area contributed by atoms with Crippen molar-refractivity contribution in [1.29, 1.82) is 0 Å². The van der Waals surface area contributed by atoms with Gasteiger partial charge in [-0.3, -0.25) is 4.79 Å². The number of ketones is 1. The summed E-state index contributed by atoms with van der Waals surface area (Å²) in [5, 5.41) is 3.40. The summed E-state index contributed by atoms with van der Waals surface area (Å²) in [5.74, 6) is 0.510. The first-order chi connectivity index (χ1) is 7.68. The number of thiophene rings is 1. The normalized spacial score (nSPS) is 11.2. The smallest absolute Gasteiger partial charge is 0.135 e. The van der Waals surface area contributed by atoms with Crippen molar-refractivity contribution in [3.63, 3.8) is 0 Å². The van der Waals surface area contributed by atoms with E-state index in [9.17, 15) is 4.79 Å². The van der Waals surface area contributed by atoms with Crippen molar-refractivity contribution in [2.24, 2.45) is 5.92 Å². The highest BCUT2D eigenvalue weighted by atomic mass is 32.1. The Kier molecular flexibility index (Phi) is 3.39. The van der Waals surface area contributed by atoms with Crippen LogP contribution in [0.3, 0.4) is 0 Å². The Balaban J connectivity index is 2.15. The van der Waals surface area contributed by atoms with E-state index in [1.54, 1.807) is 11.3 Å². The highest BCUT2D eigenvalue weighted by Gasteiger charge is 2.09. The first-order valence-corrected chi connectivity index (χ1v) is 6.54. The molecule has 0 aliphatic carbocycles. The highest BCUT2D eigenvalue weighted by molar-refractivity contribution is 7.17. The van der Waals surface area contributed by atoms with Gasteiger partial charge in [0, 0.05) is 17.0 Å². The summed E-state index contributed by atoms with van der Waals surface area (Å²) < 4.78 is 1.33. The first kappa shape index (κ1) is 11.3. The lowest BCUT2D eigenvalue weighted by Crippen LogP contribution is -2.07. The standard InChI is InChI=1S/C14H16OS/c1-10(2)13(15)7-6-11-4-3-5-12-8-9-16-14(11)12/h3-5,8-10H,6-7H2,1-2H3. The lowest BCUT2D eigenvalue weighted by molar-refractivity contribution is -0.121. The summed E-state index contributed by atoms with van der Waals surface area (Å²) in [6.07, 6.45) is 1.53. The van der Waals surface area contributed by atoms with Crippen LogP contribution < -0.4 is 0 Å². The van der Waals surface area contributed by atoms with Gasteiger partial charge in [-0.05, 0) is 28.8 Å². The number of hydrogen-bond acceptors (Lipinski definition) is 2. The Morgan fingerprint density at radius 3 is 2.88 bits per heavy atom. The maximum absolute atomic E-state index is 11.6. The zero-order valence-corrected chi connectivity index (χ0v) is 10.5. The minimum atomic E-state index is 0.155. The zero-order chi connectivity index (χ0) is 11.5. The Morgan fingerprint density at radius 2 is 2.12 bits per heavy atom.